The molecule has 1 amide bonds. The Hall–Kier alpha value is -2.60. The molecule has 1 aromatic carbocycles. The van der Waals surface area contributed by atoms with E-state index in [0.717, 1.165) is 43.9 Å². The maximum Gasteiger partial charge on any atom is 0.252 e. The predicted molar refractivity (Wildman–Crippen MR) is 105 cm³/mol. The van der Waals surface area contributed by atoms with Crippen LogP contribution in [0.15, 0.2) is 42.6 Å². The van der Waals surface area contributed by atoms with E-state index < -0.39 is 0 Å². The van der Waals surface area contributed by atoms with Gasteiger partial charge >= 0.3 is 0 Å². The van der Waals surface area contributed by atoms with Crippen molar-refractivity contribution in [3.05, 3.63) is 53.7 Å². The van der Waals surface area contributed by atoms with Gasteiger partial charge in [0.1, 0.15) is 11.6 Å². The Bertz CT molecular complexity index is 710. The Morgan fingerprint density at radius 2 is 2.11 bits per heavy atom. The number of amides is 1. The molecule has 0 unspecified atom stereocenters. The number of aromatic nitrogens is 1. The average Bonchev–Trinajstić information content (AvgIpc) is 2.73. The van der Waals surface area contributed by atoms with Crippen molar-refractivity contribution < 1.29 is 14.3 Å². The molecule has 0 saturated carbocycles. The molecule has 0 radical (unpaired) electrons. The number of methoxy groups -OCH3 is 1. The van der Waals surface area contributed by atoms with Gasteiger partial charge in [-0.3, -0.25) is 4.79 Å². The van der Waals surface area contributed by atoms with Crippen LogP contribution in [0.2, 0.25) is 0 Å². The summed E-state index contributed by atoms with van der Waals surface area (Å²) in [5.74, 6) is 1.54. The molecule has 1 atom stereocenters. The summed E-state index contributed by atoms with van der Waals surface area (Å²) < 4.78 is 10.6. The van der Waals surface area contributed by atoms with E-state index in [0.29, 0.717) is 24.8 Å². The Balaban J connectivity index is 1.39. The van der Waals surface area contributed by atoms with Gasteiger partial charge in [0.25, 0.3) is 5.91 Å². The molecule has 27 heavy (non-hydrogen) atoms. The van der Waals surface area contributed by atoms with Crippen molar-refractivity contribution in [2.75, 3.05) is 32.2 Å². The van der Waals surface area contributed by atoms with Crippen molar-refractivity contribution in [3.8, 4) is 5.75 Å². The number of hydrogen-bond donors (Lipinski definition) is 2. The lowest BCUT2D eigenvalue weighted by Gasteiger charge is -2.23. The van der Waals surface area contributed by atoms with Gasteiger partial charge in [-0.15, -0.1) is 0 Å². The second-order valence-corrected chi connectivity index (χ2v) is 6.70. The van der Waals surface area contributed by atoms with Crippen LogP contribution in [0.3, 0.4) is 0 Å². The molecule has 1 aliphatic rings. The molecule has 6 heteroatoms. The van der Waals surface area contributed by atoms with Gasteiger partial charge in [-0.2, -0.15) is 0 Å². The highest BCUT2D eigenvalue weighted by molar-refractivity contribution is 5.94. The summed E-state index contributed by atoms with van der Waals surface area (Å²) in [7, 11) is 1.66. The van der Waals surface area contributed by atoms with Crippen LogP contribution in [-0.2, 0) is 11.2 Å². The summed E-state index contributed by atoms with van der Waals surface area (Å²) in [6.07, 6.45) is 5.55. The average molecular weight is 369 g/mol. The van der Waals surface area contributed by atoms with Crippen LogP contribution >= 0.6 is 0 Å². The third-order valence-corrected chi connectivity index (χ3v) is 4.62. The standard InChI is InChI=1S/C21H27N3O3/c1-26-19-9-6-16(7-10-19)4-2-12-22-21(25)17-8-11-20(23-14-17)24-18-5-3-13-27-15-18/h6-11,14,18H,2-5,12-13,15H2,1H3,(H,22,25)(H,23,24)/t18-/m1/s1. The van der Waals surface area contributed by atoms with Gasteiger partial charge in [0.2, 0.25) is 0 Å². The van der Waals surface area contributed by atoms with Gasteiger partial charge in [-0.1, -0.05) is 12.1 Å². The van der Waals surface area contributed by atoms with E-state index in [1.165, 1.54) is 5.56 Å². The fourth-order valence-corrected chi connectivity index (χ4v) is 3.07. The molecule has 144 valence electrons. The summed E-state index contributed by atoms with van der Waals surface area (Å²) in [6.45, 7) is 2.17. The molecule has 2 heterocycles. The van der Waals surface area contributed by atoms with E-state index in [9.17, 15) is 4.79 Å². The first kappa shape index (κ1) is 19.2. The number of rotatable bonds is 8. The van der Waals surface area contributed by atoms with Crippen molar-refractivity contribution in [1.82, 2.24) is 10.3 Å². The third kappa shape index (κ3) is 5.96. The van der Waals surface area contributed by atoms with Gasteiger partial charge < -0.3 is 20.1 Å². The largest absolute Gasteiger partial charge is 0.497 e. The molecular weight excluding hydrogens is 342 g/mol. The van der Waals surface area contributed by atoms with Crippen LogP contribution < -0.4 is 15.4 Å². The Morgan fingerprint density at radius 1 is 1.26 bits per heavy atom. The first-order valence-electron chi connectivity index (χ1n) is 9.46. The van der Waals surface area contributed by atoms with E-state index >= 15 is 0 Å². The van der Waals surface area contributed by atoms with Crippen molar-refractivity contribution in [2.45, 2.75) is 31.7 Å². The van der Waals surface area contributed by atoms with E-state index in [2.05, 4.69) is 15.6 Å². The summed E-state index contributed by atoms with van der Waals surface area (Å²) in [5.41, 5.74) is 1.80. The van der Waals surface area contributed by atoms with Gasteiger partial charge in [-0.25, -0.2) is 4.98 Å². The highest BCUT2D eigenvalue weighted by atomic mass is 16.5. The normalized spacial score (nSPS) is 16.6. The number of nitrogens with one attached hydrogen (secondary N) is 2. The molecule has 1 saturated heterocycles. The Labute approximate surface area is 160 Å². The summed E-state index contributed by atoms with van der Waals surface area (Å²) in [4.78, 5) is 16.6. The molecule has 1 fully saturated rings. The topological polar surface area (TPSA) is 72.5 Å². The zero-order valence-corrected chi connectivity index (χ0v) is 15.7. The quantitative estimate of drug-likeness (QED) is 0.700. The number of aryl methyl sites for hydroxylation is 1. The number of ether oxygens (including phenoxy) is 2. The Kier molecular flexibility index (Phi) is 7.04. The zero-order valence-electron chi connectivity index (χ0n) is 15.7. The van der Waals surface area contributed by atoms with Crippen LogP contribution in [0.1, 0.15) is 35.2 Å². The fraction of sp³-hybridized carbons (Fsp3) is 0.429. The number of benzene rings is 1. The zero-order chi connectivity index (χ0) is 18.9. The number of nitrogens with zero attached hydrogens (tertiary/aromatic N) is 1. The number of carbonyl (C=O) groups is 1. The van der Waals surface area contributed by atoms with Crippen LogP contribution in [0.5, 0.6) is 5.75 Å². The molecule has 6 nitrogen and oxygen atoms in total. The summed E-state index contributed by atoms with van der Waals surface area (Å²) in [5, 5.41) is 6.30. The number of hydrogen-bond acceptors (Lipinski definition) is 5. The van der Waals surface area contributed by atoms with E-state index in [1.54, 1.807) is 19.4 Å². The van der Waals surface area contributed by atoms with E-state index in [1.807, 2.05) is 30.3 Å². The van der Waals surface area contributed by atoms with E-state index in [4.69, 9.17) is 9.47 Å². The summed E-state index contributed by atoms with van der Waals surface area (Å²) in [6, 6.07) is 12.0. The highest BCUT2D eigenvalue weighted by Gasteiger charge is 2.14. The molecular formula is C21H27N3O3. The van der Waals surface area contributed by atoms with E-state index in [-0.39, 0.29) is 5.91 Å². The van der Waals surface area contributed by atoms with Crippen molar-refractivity contribution in [1.29, 1.82) is 0 Å². The van der Waals surface area contributed by atoms with Gasteiger partial charge in [0, 0.05) is 19.3 Å². The molecule has 0 aliphatic carbocycles. The van der Waals surface area contributed by atoms with Crippen LogP contribution in [0.4, 0.5) is 5.82 Å². The minimum atomic E-state index is -0.0928. The SMILES string of the molecule is COc1ccc(CCCNC(=O)c2ccc(N[C@@H]3CCCOC3)nc2)cc1. The van der Waals surface area contributed by atoms with Crippen molar-refractivity contribution >= 4 is 11.7 Å². The number of pyridine rings is 1. The lowest BCUT2D eigenvalue weighted by molar-refractivity contribution is 0.0875. The van der Waals surface area contributed by atoms with Crippen molar-refractivity contribution in [3.63, 3.8) is 0 Å². The summed E-state index contributed by atoms with van der Waals surface area (Å²) >= 11 is 0. The number of carbonyl (C=O) groups excluding carboxylic acids is 1. The second-order valence-electron chi connectivity index (χ2n) is 6.70. The molecule has 3 rings (SSSR count). The van der Waals surface area contributed by atoms with Gasteiger partial charge in [0.15, 0.2) is 0 Å². The molecule has 1 aromatic heterocycles. The molecule has 0 spiro atoms. The lowest BCUT2D eigenvalue weighted by atomic mass is 10.1. The molecule has 2 aromatic rings. The van der Waals surface area contributed by atoms with Gasteiger partial charge in [0.05, 0.1) is 25.3 Å². The first-order valence-corrected chi connectivity index (χ1v) is 9.46. The maximum absolute atomic E-state index is 12.2. The first-order chi connectivity index (χ1) is 13.2. The van der Waals surface area contributed by atoms with Crippen molar-refractivity contribution in [2.24, 2.45) is 0 Å². The predicted octanol–water partition coefficient (Wildman–Crippen LogP) is 3.04. The molecule has 0 bridgehead atoms. The minimum absolute atomic E-state index is 0.0928. The van der Waals surface area contributed by atoms with Crippen LogP contribution in [0, 0.1) is 0 Å². The fourth-order valence-electron chi connectivity index (χ4n) is 3.07. The monoisotopic (exact) mass is 369 g/mol. The molecule has 2 N–H and O–H groups in total. The third-order valence-electron chi connectivity index (χ3n) is 4.62. The number of anilines is 1. The van der Waals surface area contributed by atoms with Crippen LogP contribution in [-0.4, -0.2) is 43.8 Å². The molecule has 1 aliphatic heterocycles. The highest BCUT2D eigenvalue weighted by Crippen LogP contribution is 2.14. The minimum Gasteiger partial charge on any atom is -0.497 e. The lowest BCUT2D eigenvalue weighted by Crippen LogP contribution is -2.30. The van der Waals surface area contributed by atoms with Crippen LogP contribution in [0.25, 0.3) is 0 Å². The maximum atomic E-state index is 12.2. The Morgan fingerprint density at radius 3 is 2.78 bits per heavy atom. The second kappa shape index (κ2) is 9.92. The van der Waals surface area contributed by atoms with Gasteiger partial charge in [-0.05, 0) is 55.5 Å². The smallest absolute Gasteiger partial charge is 0.252 e.